The maximum absolute atomic E-state index is 5.78. The van der Waals surface area contributed by atoms with E-state index in [2.05, 4.69) is 15.1 Å². The lowest BCUT2D eigenvalue weighted by atomic mass is 10.2. The highest BCUT2D eigenvalue weighted by molar-refractivity contribution is 5.59. The predicted octanol–water partition coefficient (Wildman–Crippen LogP) is 3.14. The molecule has 4 rings (SSSR count). The lowest BCUT2D eigenvalue weighted by Crippen LogP contribution is -2.32. The predicted molar refractivity (Wildman–Crippen MR) is 82.7 cm³/mol. The molecule has 0 amide bonds. The Kier molecular flexibility index (Phi) is 3.23. The van der Waals surface area contributed by atoms with Crippen molar-refractivity contribution < 1.29 is 9.15 Å². The van der Waals surface area contributed by atoms with Crippen LogP contribution in [0, 0.1) is 0 Å². The molecule has 0 saturated carbocycles. The Balaban J connectivity index is 1.57. The molecule has 2 aromatic carbocycles. The molecule has 1 aliphatic rings. The Bertz CT molecular complexity index is 770. The van der Waals surface area contributed by atoms with Crippen molar-refractivity contribution in [1.29, 1.82) is 0 Å². The third-order valence-corrected chi connectivity index (χ3v) is 3.64. The van der Waals surface area contributed by atoms with Crippen molar-refractivity contribution in [2.75, 3.05) is 18.1 Å². The van der Waals surface area contributed by atoms with Crippen molar-refractivity contribution in [3.05, 3.63) is 60.5 Å². The maximum Gasteiger partial charge on any atom is 0.247 e. The molecule has 0 fully saturated rings. The number of nitrogens with zero attached hydrogens (tertiary/aromatic N) is 3. The smallest absolute Gasteiger partial charge is 0.247 e. The van der Waals surface area contributed by atoms with Crippen molar-refractivity contribution in [3.8, 4) is 17.2 Å². The van der Waals surface area contributed by atoms with Crippen LogP contribution in [0.1, 0.15) is 5.89 Å². The van der Waals surface area contributed by atoms with E-state index in [-0.39, 0.29) is 0 Å². The lowest BCUT2D eigenvalue weighted by molar-refractivity contribution is 0.304. The van der Waals surface area contributed by atoms with Gasteiger partial charge in [-0.1, -0.05) is 30.3 Å². The van der Waals surface area contributed by atoms with Gasteiger partial charge in [-0.2, -0.15) is 0 Å². The molecular weight excluding hydrogens is 278 g/mol. The van der Waals surface area contributed by atoms with Gasteiger partial charge in [-0.25, -0.2) is 0 Å². The zero-order valence-electron chi connectivity index (χ0n) is 12.0. The monoisotopic (exact) mass is 293 g/mol. The first-order valence-electron chi connectivity index (χ1n) is 7.25. The van der Waals surface area contributed by atoms with Crippen LogP contribution in [-0.2, 0) is 6.54 Å². The third kappa shape index (κ3) is 2.41. The topological polar surface area (TPSA) is 51.4 Å². The van der Waals surface area contributed by atoms with Crippen molar-refractivity contribution in [2.24, 2.45) is 0 Å². The second-order valence-electron chi connectivity index (χ2n) is 5.10. The second-order valence-corrected chi connectivity index (χ2v) is 5.10. The van der Waals surface area contributed by atoms with Gasteiger partial charge in [-0.3, -0.25) is 0 Å². The van der Waals surface area contributed by atoms with E-state index >= 15 is 0 Å². The van der Waals surface area contributed by atoms with Crippen LogP contribution in [0.15, 0.2) is 59.0 Å². The molecule has 110 valence electrons. The number of para-hydroxylation sites is 2. The minimum Gasteiger partial charge on any atom is -0.490 e. The van der Waals surface area contributed by atoms with Gasteiger partial charge < -0.3 is 14.1 Å². The highest BCUT2D eigenvalue weighted by atomic mass is 16.5. The summed E-state index contributed by atoms with van der Waals surface area (Å²) >= 11 is 0. The standard InChI is InChI=1S/C17H15N3O2/c1-2-6-13(7-3-1)17-19-18-16(22-17)12-20-10-11-21-15-9-5-4-8-14(15)20/h1-9H,10-12H2. The Labute approximate surface area is 128 Å². The first kappa shape index (κ1) is 12.9. The van der Waals surface area contributed by atoms with E-state index in [1.54, 1.807) is 0 Å². The number of benzene rings is 2. The Hall–Kier alpha value is -2.82. The van der Waals surface area contributed by atoms with Crippen LogP contribution in [0.3, 0.4) is 0 Å². The van der Waals surface area contributed by atoms with Crippen LogP contribution in [0.25, 0.3) is 11.5 Å². The van der Waals surface area contributed by atoms with Crippen molar-refractivity contribution in [1.82, 2.24) is 10.2 Å². The summed E-state index contributed by atoms with van der Waals surface area (Å²) in [6, 6.07) is 17.8. The van der Waals surface area contributed by atoms with Gasteiger partial charge in [0, 0.05) is 5.56 Å². The molecule has 2 heterocycles. The average Bonchev–Trinajstić information content (AvgIpc) is 3.05. The lowest BCUT2D eigenvalue weighted by Gasteiger charge is -2.29. The maximum atomic E-state index is 5.78. The first-order valence-corrected chi connectivity index (χ1v) is 7.25. The summed E-state index contributed by atoms with van der Waals surface area (Å²) in [4.78, 5) is 2.20. The minimum absolute atomic E-state index is 0.553. The largest absolute Gasteiger partial charge is 0.490 e. The minimum atomic E-state index is 0.553. The fraction of sp³-hybridized carbons (Fsp3) is 0.176. The van der Waals surface area contributed by atoms with Crippen LogP contribution in [0.5, 0.6) is 5.75 Å². The van der Waals surface area contributed by atoms with Gasteiger partial charge in [0.15, 0.2) is 0 Å². The molecule has 0 N–H and O–H groups in total. The van der Waals surface area contributed by atoms with Gasteiger partial charge in [0.2, 0.25) is 11.8 Å². The molecule has 0 atom stereocenters. The van der Waals surface area contributed by atoms with Gasteiger partial charge in [0.05, 0.1) is 18.8 Å². The number of hydrogen-bond donors (Lipinski definition) is 0. The summed E-state index contributed by atoms with van der Waals surface area (Å²) in [6.07, 6.45) is 0. The average molecular weight is 293 g/mol. The van der Waals surface area contributed by atoms with Crippen LogP contribution in [0.4, 0.5) is 5.69 Å². The number of fused-ring (bicyclic) bond motifs is 1. The van der Waals surface area contributed by atoms with Gasteiger partial charge in [0.1, 0.15) is 12.4 Å². The summed E-state index contributed by atoms with van der Waals surface area (Å²) < 4.78 is 11.4. The normalized spacial score (nSPS) is 13.5. The molecule has 5 heteroatoms. The molecule has 0 saturated heterocycles. The van der Waals surface area contributed by atoms with Crippen molar-refractivity contribution in [2.45, 2.75) is 6.54 Å². The molecule has 0 unspecified atom stereocenters. The Morgan fingerprint density at radius 3 is 2.68 bits per heavy atom. The van der Waals surface area contributed by atoms with Crippen LogP contribution < -0.4 is 9.64 Å². The summed E-state index contributed by atoms with van der Waals surface area (Å²) in [6.45, 7) is 2.05. The Morgan fingerprint density at radius 1 is 0.955 bits per heavy atom. The van der Waals surface area contributed by atoms with Crippen molar-refractivity contribution in [3.63, 3.8) is 0 Å². The molecule has 1 aliphatic heterocycles. The number of aromatic nitrogens is 2. The van der Waals surface area contributed by atoms with Crippen LogP contribution in [-0.4, -0.2) is 23.3 Å². The molecule has 0 aliphatic carbocycles. The highest BCUT2D eigenvalue weighted by Gasteiger charge is 2.20. The number of ether oxygens (including phenoxy) is 1. The van der Waals surface area contributed by atoms with E-state index in [1.807, 2.05) is 54.6 Å². The van der Waals surface area contributed by atoms with E-state index < -0.39 is 0 Å². The molecule has 22 heavy (non-hydrogen) atoms. The van der Waals surface area contributed by atoms with Crippen LogP contribution in [0.2, 0.25) is 0 Å². The van der Waals surface area contributed by atoms with Gasteiger partial charge in [-0.15, -0.1) is 10.2 Å². The Morgan fingerprint density at radius 2 is 1.77 bits per heavy atom. The van der Waals surface area contributed by atoms with E-state index in [0.717, 1.165) is 23.5 Å². The van der Waals surface area contributed by atoms with Crippen LogP contribution >= 0.6 is 0 Å². The number of rotatable bonds is 3. The van der Waals surface area contributed by atoms with Gasteiger partial charge in [-0.05, 0) is 24.3 Å². The van der Waals surface area contributed by atoms with E-state index in [1.165, 1.54) is 0 Å². The number of anilines is 1. The molecule has 0 bridgehead atoms. The summed E-state index contributed by atoms with van der Waals surface area (Å²) in [7, 11) is 0. The molecule has 0 spiro atoms. The SMILES string of the molecule is c1ccc(-c2nnc(CN3CCOc4ccccc43)o2)cc1. The highest BCUT2D eigenvalue weighted by Crippen LogP contribution is 2.32. The molecule has 5 nitrogen and oxygen atoms in total. The summed E-state index contributed by atoms with van der Waals surface area (Å²) in [5, 5.41) is 8.29. The summed E-state index contributed by atoms with van der Waals surface area (Å²) in [5.41, 5.74) is 2.00. The summed E-state index contributed by atoms with van der Waals surface area (Å²) in [5.74, 6) is 2.06. The first-order chi connectivity index (χ1) is 10.9. The third-order valence-electron chi connectivity index (χ3n) is 3.64. The van der Waals surface area contributed by atoms with E-state index in [4.69, 9.17) is 9.15 Å². The molecular formula is C17H15N3O2. The zero-order valence-corrected chi connectivity index (χ0v) is 12.0. The molecule has 0 radical (unpaired) electrons. The van der Waals surface area contributed by atoms with Crippen molar-refractivity contribution >= 4 is 5.69 Å². The molecule has 3 aromatic rings. The fourth-order valence-corrected chi connectivity index (χ4v) is 2.57. The quantitative estimate of drug-likeness (QED) is 0.742. The second kappa shape index (κ2) is 5.52. The zero-order chi connectivity index (χ0) is 14.8. The van der Waals surface area contributed by atoms with E-state index in [9.17, 15) is 0 Å². The van der Waals surface area contributed by atoms with Gasteiger partial charge >= 0.3 is 0 Å². The van der Waals surface area contributed by atoms with E-state index in [0.29, 0.717) is 24.9 Å². The molecule has 1 aromatic heterocycles. The number of hydrogen-bond acceptors (Lipinski definition) is 5. The van der Waals surface area contributed by atoms with Gasteiger partial charge in [0.25, 0.3) is 0 Å². The fourth-order valence-electron chi connectivity index (χ4n) is 2.57.